The molecule has 0 saturated heterocycles. The van der Waals surface area contributed by atoms with Gasteiger partial charge in [0.05, 0.1) is 22.6 Å². The maximum atomic E-state index is 12.5. The van der Waals surface area contributed by atoms with Crippen molar-refractivity contribution in [2.75, 3.05) is 7.05 Å². The Labute approximate surface area is 124 Å². The maximum absolute atomic E-state index is 12.5. The van der Waals surface area contributed by atoms with Gasteiger partial charge in [0, 0.05) is 7.05 Å². The third-order valence-corrected chi connectivity index (χ3v) is 5.84. The maximum Gasteiger partial charge on any atom is 0.335 e. The Kier molecular flexibility index (Phi) is 4.65. The first-order chi connectivity index (χ1) is 9.84. The third-order valence-electron chi connectivity index (χ3n) is 3.94. The van der Waals surface area contributed by atoms with E-state index in [0.29, 0.717) is 12.8 Å². The number of benzene rings is 1. The molecule has 0 amide bonds. The Morgan fingerprint density at radius 2 is 1.76 bits per heavy atom. The molecule has 2 unspecified atom stereocenters. The molecule has 0 spiro atoms. The van der Waals surface area contributed by atoms with Crippen LogP contribution in [0.5, 0.6) is 0 Å². The van der Waals surface area contributed by atoms with E-state index in [1.54, 1.807) is 0 Å². The molecule has 1 fully saturated rings. The summed E-state index contributed by atoms with van der Waals surface area (Å²) in [6.45, 7) is 0. The lowest BCUT2D eigenvalue weighted by Gasteiger charge is -2.34. The van der Waals surface area contributed by atoms with Crippen LogP contribution in [0.2, 0.25) is 0 Å². The van der Waals surface area contributed by atoms with Gasteiger partial charge in [0.15, 0.2) is 0 Å². The Balaban J connectivity index is 2.26. The average molecular weight is 313 g/mol. The second-order valence-electron chi connectivity index (χ2n) is 5.27. The summed E-state index contributed by atoms with van der Waals surface area (Å²) in [7, 11) is -2.28. The first kappa shape index (κ1) is 15.9. The number of carboxylic acids is 1. The normalized spacial score (nSPS) is 23.2. The summed E-state index contributed by atoms with van der Waals surface area (Å²) >= 11 is 0. The van der Waals surface area contributed by atoms with Gasteiger partial charge in [0.2, 0.25) is 10.0 Å². The Hall–Kier alpha value is -1.44. The second kappa shape index (κ2) is 6.13. The number of nitrogens with zero attached hydrogens (tertiary/aromatic N) is 1. The fraction of sp³-hybridized carbons (Fsp3) is 0.500. The number of carboxylic acid groups (broad SMARTS) is 1. The molecular formula is C14H19NO5S. The molecule has 116 valence electrons. The average Bonchev–Trinajstić information content (AvgIpc) is 2.47. The fourth-order valence-corrected chi connectivity index (χ4v) is 4.04. The molecule has 1 aliphatic rings. The van der Waals surface area contributed by atoms with Gasteiger partial charge in [0.25, 0.3) is 0 Å². The standard InChI is InChI=1S/C14H19NO5S/c1-15(12-4-2-3-5-13(12)16)21(19,20)11-8-6-10(7-9-11)14(17)18/h6-9,12-13,16H,2-5H2,1H3,(H,17,18). The summed E-state index contributed by atoms with van der Waals surface area (Å²) in [5.74, 6) is -1.10. The highest BCUT2D eigenvalue weighted by atomic mass is 32.2. The molecule has 0 aromatic heterocycles. The van der Waals surface area contributed by atoms with Crippen molar-refractivity contribution in [1.29, 1.82) is 0 Å². The predicted octanol–water partition coefficient (Wildman–Crippen LogP) is 1.31. The van der Waals surface area contributed by atoms with Gasteiger partial charge in [-0.3, -0.25) is 0 Å². The van der Waals surface area contributed by atoms with E-state index in [9.17, 15) is 18.3 Å². The number of aromatic carboxylic acids is 1. The molecule has 1 aromatic rings. The molecule has 0 radical (unpaired) electrons. The second-order valence-corrected chi connectivity index (χ2v) is 7.27. The van der Waals surface area contributed by atoms with E-state index in [1.165, 1.54) is 35.6 Å². The van der Waals surface area contributed by atoms with Gasteiger partial charge in [-0.05, 0) is 37.1 Å². The molecule has 6 nitrogen and oxygen atoms in total. The van der Waals surface area contributed by atoms with Gasteiger partial charge >= 0.3 is 5.97 Å². The van der Waals surface area contributed by atoms with Crippen LogP contribution in [0, 0.1) is 0 Å². The minimum absolute atomic E-state index is 0.0350. The van der Waals surface area contributed by atoms with Gasteiger partial charge in [0.1, 0.15) is 0 Å². The Morgan fingerprint density at radius 3 is 2.29 bits per heavy atom. The van der Waals surface area contributed by atoms with Crippen LogP contribution in [0.1, 0.15) is 36.0 Å². The molecule has 7 heteroatoms. The number of rotatable bonds is 4. The zero-order chi connectivity index (χ0) is 15.6. The van der Waals surface area contributed by atoms with E-state index >= 15 is 0 Å². The molecule has 2 N–H and O–H groups in total. The molecular weight excluding hydrogens is 294 g/mol. The van der Waals surface area contributed by atoms with Crippen LogP contribution in [0.4, 0.5) is 0 Å². The van der Waals surface area contributed by atoms with Gasteiger partial charge in [-0.1, -0.05) is 12.8 Å². The highest BCUT2D eigenvalue weighted by Gasteiger charge is 2.34. The molecule has 21 heavy (non-hydrogen) atoms. The summed E-state index contributed by atoms with van der Waals surface area (Å²) in [5, 5.41) is 18.8. The van der Waals surface area contributed by atoms with Crippen molar-refractivity contribution < 1.29 is 23.4 Å². The van der Waals surface area contributed by atoms with E-state index in [0.717, 1.165) is 12.8 Å². The zero-order valence-electron chi connectivity index (χ0n) is 11.8. The van der Waals surface area contributed by atoms with E-state index in [4.69, 9.17) is 5.11 Å². The van der Waals surface area contributed by atoms with Crippen LogP contribution in [-0.2, 0) is 10.0 Å². The minimum atomic E-state index is -3.73. The fourth-order valence-electron chi connectivity index (χ4n) is 2.63. The lowest BCUT2D eigenvalue weighted by Crippen LogP contribution is -2.46. The number of carbonyl (C=O) groups is 1. The van der Waals surface area contributed by atoms with Gasteiger partial charge in [-0.25, -0.2) is 13.2 Å². The van der Waals surface area contributed by atoms with Gasteiger partial charge in [-0.15, -0.1) is 0 Å². The smallest absolute Gasteiger partial charge is 0.335 e. The van der Waals surface area contributed by atoms with Crippen LogP contribution in [0.25, 0.3) is 0 Å². The van der Waals surface area contributed by atoms with Crippen molar-refractivity contribution in [3.8, 4) is 0 Å². The largest absolute Gasteiger partial charge is 0.478 e. The summed E-state index contributed by atoms with van der Waals surface area (Å²) in [5.41, 5.74) is 0.0364. The molecule has 0 heterocycles. The van der Waals surface area contributed by atoms with E-state index < -0.39 is 28.1 Å². The Morgan fingerprint density at radius 1 is 1.19 bits per heavy atom. The molecule has 0 aliphatic heterocycles. The highest BCUT2D eigenvalue weighted by molar-refractivity contribution is 7.89. The van der Waals surface area contributed by atoms with Gasteiger partial charge < -0.3 is 10.2 Å². The first-order valence-corrected chi connectivity index (χ1v) is 8.27. The van der Waals surface area contributed by atoms with Crippen molar-refractivity contribution >= 4 is 16.0 Å². The molecule has 0 bridgehead atoms. The highest BCUT2D eigenvalue weighted by Crippen LogP contribution is 2.27. The van der Waals surface area contributed by atoms with Crippen LogP contribution in [-0.4, -0.2) is 48.1 Å². The SMILES string of the molecule is CN(C1CCCCC1O)S(=O)(=O)c1ccc(C(=O)O)cc1. The number of likely N-dealkylation sites (N-methyl/N-ethyl adjacent to an activating group) is 1. The van der Waals surface area contributed by atoms with E-state index in [-0.39, 0.29) is 10.5 Å². The van der Waals surface area contributed by atoms with Crippen molar-refractivity contribution in [3.05, 3.63) is 29.8 Å². The summed E-state index contributed by atoms with van der Waals surface area (Å²) < 4.78 is 26.3. The number of sulfonamides is 1. The predicted molar refractivity (Wildman–Crippen MR) is 76.6 cm³/mol. The van der Waals surface area contributed by atoms with Crippen LogP contribution in [0.3, 0.4) is 0 Å². The Bertz CT molecular complexity index is 611. The lowest BCUT2D eigenvalue weighted by molar-refractivity contribution is 0.0638. The number of aliphatic hydroxyl groups excluding tert-OH is 1. The number of hydrogen-bond acceptors (Lipinski definition) is 4. The van der Waals surface area contributed by atoms with Crippen molar-refractivity contribution in [3.63, 3.8) is 0 Å². The quantitative estimate of drug-likeness (QED) is 0.874. The van der Waals surface area contributed by atoms with Crippen LogP contribution >= 0.6 is 0 Å². The van der Waals surface area contributed by atoms with Crippen molar-refractivity contribution in [2.24, 2.45) is 0 Å². The van der Waals surface area contributed by atoms with Crippen LogP contribution in [0.15, 0.2) is 29.2 Å². The number of hydrogen-bond donors (Lipinski definition) is 2. The topological polar surface area (TPSA) is 94.9 Å². The third kappa shape index (κ3) is 3.25. The van der Waals surface area contributed by atoms with Crippen molar-refractivity contribution in [1.82, 2.24) is 4.31 Å². The van der Waals surface area contributed by atoms with E-state index in [2.05, 4.69) is 0 Å². The van der Waals surface area contributed by atoms with Crippen LogP contribution < -0.4 is 0 Å². The van der Waals surface area contributed by atoms with Crippen molar-refractivity contribution in [2.45, 2.75) is 42.7 Å². The summed E-state index contributed by atoms with van der Waals surface area (Å²) in [6.07, 6.45) is 2.36. The lowest BCUT2D eigenvalue weighted by atomic mass is 9.93. The zero-order valence-corrected chi connectivity index (χ0v) is 12.6. The molecule has 1 saturated carbocycles. The van der Waals surface area contributed by atoms with E-state index in [1.807, 2.05) is 0 Å². The van der Waals surface area contributed by atoms with Gasteiger partial charge in [-0.2, -0.15) is 4.31 Å². The molecule has 2 atom stereocenters. The summed E-state index contributed by atoms with van der Waals surface area (Å²) in [4.78, 5) is 10.8. The molecule has 1 aliphatic carbocycles. The monoisotopic (exact) mass is 313 g/mol. The number of aliphatic hydroxyl groups is 1. The summed E-state index contributed by atoms with van der Waals surface area (Å²) in [6, 6.07) is 4.67. The first-order valence-electron chi connectivity index (χ1n) is 6.83. The molecule has 1 aromatic carbocycles. The minimum Gasteiger partial charge on any atom is -0.478 e. The molecule has 2 rings (SSSR count).